The molecular weight excluding hydrogens is 244 g/mol. The number of rotatable bonds is 5. The van der Waals surface area contributed by atoms with Crippen molar-refractivity contribution in [3.63, 3.8) is 0 Å². The predicted octanol–water partition coefficient (Wildman–Crippen LogP) is 1.14. The van der Waals surface area contributed by atoms with Crippen molar-refractivity contribution in [1.82, 2.24) is 14.9 Å². The van der Waals surface area contributed by atoms with Crippen LogP contribution in [0.2, 0.25) is 0 Å². The highest BCUT2D eigenvalue weighted by Crippen LogP contribution is 2.30. The van der Waals surface area contributed by atoms with Gasteiger partial charge in [0.1, 0.15) is 0 Å². The van der Waals surface area contributed by atoms with Gasteiger partial charge in [-0.3, -0.25) is 4.90 Å². The Hall–Kier alpha value is -1.56. The smallest absolute Gasteiger partial charge is 0.229 e. The number of anilines is 1. The Kier molecular flexibility index (Phi) is 3.42. The van der Waals surface area contributed by atoms with Crippen molar-refractivity contribution in [3.8, 4) is 11.8 Å². The van der Waals surface area contributed by atoms with Crippen LogP contribution in [0.25, 0.3) is 0 Å². The lowest BCUT2D eigenvalue weighted by Crippen LogP contribution is -2.28. The Balaban J connectivity index is 1.65. The van der Waals surface area contributed by atoms with Gasteiger partial charge < -0.3 is 14.8 Å². The lowest BCUT2D eigenvalue weighted by Gasteiger charge is -2.16. The second-order valence-corrected chi connectivity index (χ2v) is 5.13. The van der Waals surface area contributed by atoms with E-state index in [0.717, 1.165) is 19.0 Å². The lowest BCUT2D eigenvalue weighted by atomic mass is 10.3. The van der Waals surface area contributed by atoms with Crippen molar-refractivity contribution < 1.29 is 9.47 Å². The van der Waals surface area contributed by atoms with Gasteiger partial charge in [-0.1, -0.05) is 0 Å². The maximum absolute atomic E-state index is 5.15. The van der Waals surface area contributed by atoms with Crippen LogP contribution in [-0.2, 0) is 0 Å². The standard InChI is InChI=1S/C13H20N4O2/c1-18-11-7-12(19-2)16-13(15-11)14-9-5-6-17(8-9)10-3-4-10/h7,9-10H,3-6,8H2,1-2H3,(H,14,15,16). The molecule has 3 rings (SSSR count). The SMILES string of the molecule is COc1cc(OC)nc(NC2CCN(C3CC3)C2)n1. The van der Waals surface area contributed by atoms with E-state index in [1.165, 1.54) is 19.4 Å². The van der Waals surface area contributed by atoms with Crippen molar-refractivity contribution in [2.45, 2.75) is 31.3 Å². The van der Waals surface area contributed by atoms with Gasteiger partial charge in [-0.15, -0.1) is 0 Å². The molecule has 1 aliphatic heterocycles. The van der Waals surface area contributed by atoms with Gasteiger partial charge in [-0.05, 0) is 19.3 Å². The fourth-order valence-corrected chi connectivity index (χ4v) is 2.54. The van der Waals surface area contributed by atoms with E-state index in [-0.39, 0.29) is 0 Å². The fourth-order valence-electron chi connectivity index (χ4n) is 2.54. The van der Waals surface area contributed by atoms with Gasteiger partial charge in [-0.2, -0.15) is 9.97 Å². The summed E-state index contributed by atoms with van der Waals surface area (Å²) in [5.74, 6) is 1.62. The summed E-state index contributed by atoms with van der Waals surface area (Å²) in [4.78, 5) is 11.2. The molecule has 104 valence electrons. The molecule has 2 heterocycles. The number of aromatic nitrogens is 2. The van der Waals surface area contributed by atoms with Gasteiger partial charge >= 0.3 is 0 Å². The molecule has 0 bridgehead atoms. The highest BCUT2D eigenvalue weighted by molar-refractivity contribution is 5.35. The van der Waals surface area contributed by atoms with E-state index in [2.05, 4.69) is 20.2 Å². The molecule has 1 aromatic rings. The van der Waals surface area contributed by atoms with E-state index in [1.807, 2.05) is 0 Å². The Morgan fingerprint density at radius 1 is 1.16 bits per heavy atom. The number of nitrogens with zero attached hydrogens (tertiary/aromatic N) is 3. The molecule has 0 amide bonds. The summed E-state index contributed by atoms with van der Waals surface area (Å²) < 4.78 is 10.3. The largest absolute Gasteiger partial charge is 0.481 e. The maximum atomic E-state index is 5.15. The summed E-state index contributed by atoms with van der Waals surface area (Å²) in [6.45, 7) is 2.25. The average Bonchev–Trinajstić information content (AvgIpc) is 3.19. The monoisotopic (exact) mass is 264 g/mol. The zero-order valence-electron chi connectivity index (χ0n) is 11.4. The first-order chi connectivity index (χ1) is 9.28. The predicted molar refractivity (Wildman–Crippen MR) is 71.8 cm³/mol. The Bertz CT molecular complexity index is 428. The molecule has 1 aliphatic carbocycles. The molecule has 1 atom stereocenters. The minimum absolute atomic E-state index is 0.414. The Morgan fingerprint density at radius 3 is 2.42 bits per heavy atom. The molecule has 1 saturated carbocycles. The van der Waals surface area contributed by atoms with E-state index in [0.29, 0.717) is 23.8 Å². The molecule has 1 saturated heterocycles. The zero-order valence-corrected chi connectivity index (χ0v) is 11.4. The summed E-state index contributed by atoms with van der Waals surface area (Å²) in [7, 11) is 3.19. The molecule has 6 heteroatoms. The van der Waals surface area contributed by atoms with Crippen molar-refractivity contribution in [3.05, 3.63) is 6.07 Å². The van der Waals surface area contributed by atoms with Crippen LogP contribution in [0.4, 0.5) is 5.95 Å². The Morgan fingerprint density at radius 2 is 1.84 bits per heavy atom. The maximum Gasteiger partial charge on any atom is 0.229 e. The van der Waals surface area contributed by atoms with Gasteiger partial charge in [0.15, 0.2) is 0 Å². The minimum atomic E-state index is 0.414. The van der Waals surface area contributed by atoms with Gasteiger partial charge in [-0.25, -0.2) is 0 Å². The summed E-state index contributed by atoms with van der Waals surface area (Å²) in [5, 5.41) is 3.38. The van der Waals surface area contributed by atoms with Gasteiger partial charge in [0.05, 0.1) is 20.3 Å². The molecule has 0 radical (unpaired) electrons. The summed E-state index contributed by atoms with van der Waals surface area (Å²) in [6, 6.07) is 2.92. The molecular formula is C13H20N4O2. The van der Waals surface area contributed by atoms with Crippen molar-refractivity contribution in [2.75, 3.05) is 32.6 Å². The highest BCUT2D eigenvalue weighted by Gasteiger charge is 2.34. The number of methoxy groups -OCH3 is 2. The molecule has 2 fully saturated rings. The number of likely N-dealkylation sites (tertiary alicyclic amines) is 1. The van der Waals surface area contributed by atoms with E-state index in [4.69, 9.17) is 9.47 Å². The van der Waals surface area contributed by atoms with E-state index in [1.54, 1.807) is 20.3 Å². The first kappa shape index (κ1) is 12.5. The molecule has 0 spiro atoms. The van der Waals surface area contributed by atoms with Crippen LogP contribution < -0.4 is 14.8 Å². The van der Waals surface area contributed by atoms with Gasteiger partial charge in [0, 0.05) is 25.2 Å². The van der Waals surface area contributed by atoms with Gasteiger partial charge in [0.2, 0.25) is 17.7 Å². The molecule has 19 heavy (non-hydrogen) atoms. The average molecular weight is 264 g/mol. The van der Waals surface area contributed by atoms with Crippen LogP contribution in [0.15, 0.2) is 6.07 Å². The highest BCUT2D eigenvalue weighted by atomic mass is 16.5. The minimum Gasteiger partial charge on any atom is -0.481 e. The first-order valence-electron chi connectivity index (χ1n) is 6.76. The third-order valence-electron chi connectivity index (χ3n) is 3.71. The van der Waals surface area contributed by atoms with Crippen molar-refractivity contribution >= 4 is 5.95 Å². The number of ether oxygens (including phenoxy) is 2. The second kappa shape index (κ2) is 5.21. The molecule has 1 aromatic heterocycles. The third-order valence-corrected chi connectivity index (χ3v) is 3.71. The van der Waals surface area contributed by atoms with Gasteiger partial charge in [0.25, 0.3) is 0 Å². The molecule has 0 aromatic carbocycles. The molecule has 1 unspecified atom stereocenters. The molecule has 2 aliphatic rings. The summed E-state index contributed by atoms with van der Waals surface area (Å²) in [6.07, 6.45) is 3.85. The number of hydrogen-bond donors (Lipinski definition) is 1. The van der Waals surface area contributed by atoms with Crippen molar-refractivity contribution in [1.29, 1.82) is 0 Å². The van der Waals surface area contributed by atoms with E-state index < -0.39 is 0 Å². The zero-order chi connectivity index (χ0) is 13.2. The van der Waals surface area contributed by atoms with Crippen LogP contribution in [0.1, 0.15) is 19.3 Å². The van der Waals surface area contributed by atoms with E-state index in [9.17, 15) is 0 Å². The van der Waals surface area contributed by atoms with Crippen LogP contribution in [0.3, 0.4) is 0 Å². The number of nitrogens with one attached hydrogen (secondary N) is 1. The van der Waals surface area contributed by atoms with Crippen LogP contribution in [-0.4, -0.2) is 54.3 Å². The molecule has 1 N–H and O–H groups in total. The van der Waals surface area contributed by atoms with Crippen molar-refractivity contribution in [2.24, 2.45) is 0 Å². The quantitative estimate of drug-likeness (QED) is 0.860. The summed E-state index contributed by atoms with van der Waals surface area (Å²) in [5.41, 5.74) is 0. The first-order valence-corrected chi connectivity index (χ1v) is 6.76. The number of hydrogen-bond acceptors (Lipinski definition) is 6. The van der Waals surface area contributed by atoms with Crippen LogP contribution in [0.5, 0.6) is 11.8 Å². The third kappa shape index (κ3) is 2.89. The van der Waals surface area contributed by atoms with Crippen LogP contribution >= 0.6 is 0 Å². The normalized spacial score (nSPS) is 23.4. The van der Waals surface area contributed by atoms with Crippen LogP contribution in [0, 0.1) is 0 Å². The van der Waals surface area contributed by atoms with E-state index >= 15 is 0 Å². The lowest BCUT2D eigenvalue weighted by molar-refractivity contribution is 0.325. The topological polar surface area (TPSA) is 59.5 Å². The fraction of sp³-hybridized carbons (Fsp3) is 0.692. The Labute approximate surface area is 113 Å². The second-order valence-electron chi connectivity index (χ2n) is 5.13. The summed E-state index contributed by atoms with van der Waals surface area (Å²) >= 11 is 0. The molecule has 6 nitrogen and oxygen atoms in total.